The molecular formula is C14H19NO3. The maximum atomic E-state index is 12.0. The fourth-order valence-corrected chi connectivity index (χ4v) is 2.12. The predicted octanol–water partition coefficient (Wildman–Crippen LogP) is 2.24. The first-order chi connectivity index (χ1) is 8.83. The first kappa shape index (κ1) is 12.9. The van der Waals surface area contributed by atoms with Crippen LogP contribution < -0.4 is 5.32 Å². The Kier molecular flexibility index (Phi) is 4.59. The molecule has 4 nitrogen and oxygen atoms in total. The van der Waals surface area contributed by atoms with Gasteiger partial charge in [-0.1, -0.05) is 6.07 Å². The molecule has 1 N–H and O–H groups in total. The fourth-order valence-electron chi connectivity index (χ4n) is 2.12. The molecule has 0 spiro atoms. The molecule has 0 aromatic heterocycles. The van der Waals surface area contributed by atoms with Crippen LogP contribution >= 0.6 is 0 Å². The van der Waals surface area contributed by atoms with Gasteiger partial charge in [0.05, 0.1) is 12.2 Å². The molecular weight excluding hydrogens is 230 g/mol. The van der Waals surface area contributed by atoms with Crippen molar-refractivity contribution in [3.8, 4) is 0 Å². The Bertz CT molecular complexity index is 418. The number of nitrogens with one attached hydrogen (secondary N) is 1. The van der Waals surface area contributed by atoms with Crippen molar-refractivity contribution in [3.05, 3.63) is 29.3 Å². The lowest BCUT2D eigenvalue weighted by Gasteiger charge is -2.20. The third-order valence-electron chi connectivity index (χ3n) is 2.98. The van der Waals surface area contributed by atoms with E-state index in [0.717, 1.165) is 30.6 Å². The third-order valence-corrected chi connectivity index (χ3v) is 2.98. The van der Waals surface area contributed by atoms with Gasteiger partial charge < -0.3 is 14.8 Å². The van der Waals surface area contributed by atoms with Crippen LogP contribution in [0.2, 0.25) is 0 Å². The van der Waals surface area contributed by atoms with Crippen molar-refractivity contribution in [2.24, 2.45) is 0 Å². The van der Waals surface area contributed by atoms with Crippen LogP contribution in [0.1, 0.15) is 29.3 Å². The van der Waals surface area contributed by atoms with E-state index in [9.17, 15) is 4.79 Å². The molecule has 0 aliphatic carbocycles. The zero-order chi connectivity index (χ0) is 12.8. The number of anilines is 1. The molecule has 0 atom stereocenters. The number of carbonyl (C=O) groups is 1. The maximum absolute atomic E-state index is 12.0. The second-order valence-corrected chi connectivity index (χ2v) is 4.19. The quantitative estimate of drug-likeness (QED) is 0.642. The molecule has 1 aromatic rings. The van der Waals surface area contributed by atoms with E-state index in [-0.39, 0.29) is 5.97 Å². The predicted molar refractivity (Wildman–Crippen MR) is 70.0 cm³/mol. The molecule has 0 bridgehead atoms. The topological polar surface area (TPSA) is 47.6 Å². The highest BCUT2D eigenvalue weighted by Crippen LogP contribution is 2.25. The van der Waals surface area contributed by atoms with Crippen LogP contribution in [0.5, 0.6) is 0 Å². The summed E-state index contributed by atoms with van der Waals surface area (Å²) in [5, 5.41) is 3.30. The summed E-state index contributed by atoms with van der Waals surface area (Å²) in [5.41, 5.74) is 2.81. The summed E-state index contributed by atoms with van der Waals surface area (Å²) in [6.07, 6.45) is 1.98. The van der Waals surface area contributed by atoms with Crippen LogP contribution in [-0.4, -0.2) is 32.3 Å². The van der Waals surface area contributed by atoms with Crippen molar-refractivity contribution in [1.29, 1.82) is 0 Å². The number of esters is 1. The van der Waals surface area contributed by atoms with Crippen LogP contribution in [0.3, 0.4) is 0 Å². The molecule has 0 saturated heterocycles. The molecule has 1 heterocycles. The van der Waals surface area contributed by atoms with E-state index in [1.165, 1.54) is 0 Å². The number of benzene rings is 1. The van der Waals surface area contributed by atoms with Gasteiger partial charge >= 0.3 is 5.97 Å². The molecule has 0 unspecified atom stereocenters. The number of hydrogen-bond acceptors (Lipinski definition) is 4. The third kappa shape index (κ3) is 3.01. The van der Waals surface area contributed by atoms with Gasteiger partial charge in [-0.25, -0.2) is 4.79 Å². The van der Waals surface area contributed by atoms with Gasteiger partial charge in [0.1, 0.15) is 6.61 Å². The highest BCUT2D eigenvalue weighted by atomic mass is 16.6. The highest BCUT2D eigenvalue weighted by molar-refractivity contribution is 5.93. The molecule has 1 aliphatic rings. The van der Waals surface area contributed by atoms with Crippen LogP contribution in [-0.2, 0) is 15.9 Å². The number of carbonyl (C=O) groups excluding carboxylic acids is 1. The Labute approximate surface area is 107 Å². The number of hydrogen-bond donors (Lipinski definition) is 1. The van der Waals surface area contributed by atoms with Crippen molar-refractivity contribution in [2.45, 2.75) is 19.8 Å². The molecule has 4 heteroatoms. The van der Waals surface area contributed by atoms with Crippen LogP contribution in [0.4, 0.5) is 5.69 Å². The summed E-state index contributed by atoms with van der Waals surface area (Å²) in [5.74, 6) is -0.254. The number of rotatable bonds is 5. The SMILES string of the molecule is CCOCCOC(=O)c1cccc2c1CCCN2. The Morgan fingerprint density at radius 3 is 3.11 bits per heavy atom. The summed E-state index contributed by atoms with van der Waals surface area (Å²) in [6, 6.07) is 5.72. The Morgan fingerprint density at radius 1 is 1.39 bits per heavy atom. The summed E-state index contributed by atoms with van der Waals surface area (Å²) < 4.78 is 10.3. The van der Waals surface area contributed by atoms with Gasteiger partial charge in [0.2, 0.25) is 0 Å². The van der Waals surface area contributed by atoms with Crippen molar-refractivity contribution in [2.75, 3.05) is 31.7 Å². The van der Waals surface area contributed by atoms with Crippen LogP contribution in [0.15, 0.2) is 18.2 Å². The molecule has 0 amide bonds. The summed E-state index contributed by atoms with van der Waals surface area (Å²) in [7, 11) is 0. The van der Waals surface area contributed by atoms with E-state index in [0.29, 0.717) is 25.4 Å². The summed E-state index contributed by atoms with van der Waals surface area (Å²) in [6.45, 7) is 4.29. The number of ether oxygens (including phenoxy) is 2. The highest BCUT2D eigenvalue weighted by Gasteiger charge is 2.18. The largest absolute Gasteiger partial charge is 0.460 e. The smallest absolute Gasteiger partial charge is 0.338 e. The maximum Gasteiger partial charge on any atom is 0.338 e. The Morgan fingerprint density at radius 2 is 2.28 bits per heavy atom. The molecule has 18 heavy (non-hydrogen) atoms. The van der Waals surface area contributed by atoms with Crippen molar-refractivity contribution in [3.63, 3.8) is 0 Å². The van der Waals surface area contributed by atoms with E-state index in [2.05, 4.69) is 5.32 Å². The molecule has 0 fully saturated rings. The average Bonchev–Trinajstić information content (AvgIpc) is 2.43. The standard InChI is InChI=1S/C14H19NO3/c1-2-17-9-10-18-14(16)12-5-3-7-13-11(12)6-4-8-15-13/h3,5,7,15H,2,4,6,8-10H2,1H3. The van der Waals surface area contributed by atoms with Gasteiger partial charge in [-0.05, 0) is 37.5 Å². The van der Waals surface area contributed by atoms with Crippen LogP contribution in [0, 0.1) is 0 Å². The van der Waals surface area contributed by atoms with Gasteiger partial charge in [-0.2, -0.15) is 0 Å². The van der Waals surface area contributed by atoms with E-state index in [1.54, 1.807) is 0 Å². The van der Waals surface area contributed by atoms with E-state index >= 15 is 0 Å². The minimum Gasteiger partial charge on any atom is -0.460 e. The van der Waals surface area contributed by atoms with Crippen molar-refractivity contribution >= 4 is 11.7 Å². The van der Waals surface area contributed by atoms with Gasteiger partial charge in [0, 0.05) is 18.8 Å². The number of fused-ring (bicyclic) bond motifs is 1. The first-order valence-corrected chi connectivity index (χ1v) is 6.43. The second kappa shape index (κ2) is 6.40. The van der Waals surface area contributed by atoms with Gasteiger partial charge in [-0.15, -0.1) is 0 Å². The minimum atomic E-state index is -0.254. The van der Waals surface area contributed by atoms with Gasteiger partial charge in [-0.3, -0.25) is 0 Å². The van der Waals surface area contributed by atoms with Crippen molar-refractivity contribution < 1.29 is 14.3 Å². The lowest BCUT2D eigenvalue weighted by atomic mass is 9.98. The van der Waals surface area contributed by atoms with Crippen molar-refractivity contribution in [1.82, 2.24) is 0 Å². The lowest BCUT2D eigenvalue weighted by molar-refractivity contribution is 0.0334. The summed E-state index contributed by atoms with van der Waals surface area (Å²) >= 11 is 0. The van der Waals surface area contributed by atoms with E-state index in [1.807, 2.05) is 25.1 Å². The Balaban J connectivity index is 2.01. The normalized spacial score (nSPS) is 13.6. The second-order valence-electron chi connectivity index (χ2n) is 4.19. The first-order valence-electron chi connectivity index (χ1n) is 6.43. The average molecular weight is 249 g/mol. The zero-order valence-corrected chi connectivity index (χ0v) is 10.7. The molecule has 1 aromatic carbocycles. The molecule has 98 valence electrons. The van der Waals surface area contributed by atoms with Crippen LogP contribution in [0.25, 0.3) is 0 Å². The van der Waals surface area contributed by atoms with E-state index < -0.39 is 0 Å². The summed E-state index contributed by atoms with van der Waals surface area (Å²) in [4.78, 5) is 12.0. The van der Waals surface area contributed by atoms with E-state index in [4.69, 9.17) is 9.47 Å². The minimum absolute atomic E-state index is 0.254. The molecule has 0 saturated carbocycles. The lowest BCUT2D eigenvalue weighted by Crippen LogP contribution is -2.17. The van der Waals surface area contributed by atoms with Gasteiger partial charge in [0.25, 0.3) is 0 Å². The Hall–Kier alpha value is -1.55. The fraction of sp³-hybridized carbons (Fsp3) is 0.500. The van der Waals surface area contributed by atoms with Gasteiger partial charge in [0.15, 0.2) is 0 Å². The molecule has 1 aliphatic heterocycles. The molecule has 2 rings (SSSR count). The molecule has 0 radical (unpaired) electrons. The monoisotopic (exact) mass is 249 g/mol. The zero-order valence-electron chi connectivity index (χ0n) is 10.7.